The zero-order valence-corrected chi connectivity index (χ0v) is 11.8. The number of aliphatic hydroxyl groups is 1. The van der Waals surface area contributed by atoms with Gasteiger partial charge in [-0.1, -0.05) is 18.2 Å². The molecule has 0 radical (unpaired) electrons. The van der Waals surface area contributed by atoms with E-state index in [-0.39, 0.29) is 30.8 Å². The number of ether oxygens (including phenoxy) is 1. The summed E-state index contributed by atoms with van der Waals surface area (Å²) in [5.74, 6) is 0.134. The van der Waals surface area contributed by atoms with Gasteiger partial charge in [0.2, 0.25) is 0 Å². The van der Waals surface area contributed by atoms with Gasteiger partial charge in [0, 0.05) is 31.7 Å². The minimum atomic E-state index is -2.86. The molecular weight excluding hydrogens is 290 g/mol. The van der Waals surface area contributed by atoms with E-state index in [0.29, 0.717) is 5.56 Å². The van der Waals surface area contributed by atoms with Gasteiger partial charge in [-0.15, -0.1) is 12.4 Å². The third kappa shape index (κ3) is 4.28. The van der Waals surface area contributed by atoms with Gasteiger partial charge in [-0.3, -0.25) is 4.90 Å². The van der Waals surface area contributed by atoms with Crippen molar-refractivity contribution >= 4 is 12.4 Å². The molecule has 0 spiro atoms. The number of piperazine rings is 1. The normalized spacial score (nSPS) is 17.6. The van der Waals surface area contributed by atoms with E-state index in [4.69, 9.17) is 0 Å². The van der Waals surface area contributed by atoms with Crippen LogP contribution in [0.25, 0.3) is 0 Å². The number of nitrogens with one attached hydrogen (secondary N) is 1. The molecule has 1 saturated heterocycles. The first kappa shape index (κ1) is 17.1. The van der Waals surface area contributed by atoms with Gasteiger partial charge in [-0.2, -0.15) is 8.78 Å². The Hall–Kier alpha value is -0.950. The number of alkyl halides is 2. The molecule has 0 aliphatic carbocycles. The van der Waals surface area contributed by atoms with Crippen LogP contribution in [0.1, 0.15) is 11.6 Å². The lowest BCUT2D eigenvalue weighted by atomic mass is 10.0. The summed E-state index contributed by atoms with van der Waals surface area (Å²) in [4.78, 5) is 2.07. The van der Waals surface area contributed by atoms with Crippen LogP contribution in [0.2, 0.25) is 0 Å². The molecule has 1 heterocycles. The van der Waals surface area contributed by atoms with Crippen LogP contribution >= 0.6 is 12.4 Å². The maximum absolute atomic E-state index is 12.4. The molecule has 1 aromatic carbocycles. The van der Waals surface area contributed by atoms with Gasteiger partial charge >= 0.3 is 6.61 Å². The van der Waals surface area contributed by atoms with Crippen LogP contribution in [0, 0.1) is 0 Å². The van der Waals surface area contributed by atoms with Crippen molar-refractivity contribution in [3.63, 3.8) is 0 Å². The second-order valence-corrected chi connectivity index (χ2v) is 4.40. The van der Waals surface area contributed by atoms with E-state index in [1.54, 1.807) is 18.2 Å². The standard InChI is InChI=1S/C13H18F2N2O2.ClH/c14-13(15)19-12-4-2-1-3-10(12)11(9-18)17-7-5-16-6-8-17;/h1-4,11,13,16,18H,5-9H2;1H/t11-;/m0./s1. The third-order valence-corrected chi connectivity index (χ3v) is 3.26. The highest BCUT2D eigenvalue weighted by Gasteiger charge is 2.24. The number of benzene rings is 1. The first-order valence-electron chi connectivity index (χ1n) is 6.31. The zero-order chi connectivity index (χ0) is 13.7. The van der Waals surface area contributed by atoms with Crippen LogP contribution < -0.4 is 10.1 Å². The van der Waals surface area contributed by atoms with Crippen molar-refractivity contribution in [2.45, 2.75) is 12.7 Å². The van der Waals surface area contributed by atoms with Crippen LogP contribution in [0.5, 0.6) is 5.75 Å². The van der Waals surface area contributed by atoms with Crippen molar-refractivity contribution < 1.29 is 18.6 Å². The van der Waals surface area contributed by atoms with Crippen molar-refractivity contribution in [2.24, 2.45) is 0 Å². The Morgan fingerprint density at radius 3 is 2.50 bits per heavy atom. The minimum Gasteiger partial charge on any atom is -0.434 e. The lowest BCUT2D eigenvalue weighted by molar-refractivity contribution is -0.0516. The topological polar surface area (TPSA) is 44.7 Å². The lowest BCUT2D eigenvalue weighted by Crippen LogP contribution is -2.46. The van der Waals surface area contributed by atoms with Crippen LogP contribution in [-0.4, -0.2) is 49.4 Å². The average molecular weight is 309 g/mol. The number of rotatable bonds is 5. The SMILES string of the molecule is Cl.OC[C@@H](c1ccccc1OC(F)F)N1CCNCC1. The number of nitrogens with zero attached hydrogens (tertiary/aromatic N) is 1. The van der Waals surface area contributed by atoms with E-state index in [0.717, 1.165) is 26.2 Å². The Bertz CT molecular complexity index is 404. The van der Waals surface area contributed by atoms with Crippen molar-refractivity contribution in [3.8, 4) is 5.75 Å². The largest absolute Gasteiger partial charge is 0.434 e. The summed E-state index contributed by atoms with van der Waals surface area (Å²) in [6, 6.07) is 6.33. The number of halogens is 3. The summed E-state index contributed by atoms with van der Waals surface area (Å²) in [7, 11) is 0. The fraction of sp³-hybridized carbons (Fsp3) is 0.538. The van der Waals surface area contributed by atoms with Gasteiger partial charge in [0.25, 0.3) is 0 Å². The van der Waals surface area contributed by atoms with Gasteiger partial charge in [-0.05, 0) is 6.07 Å². The summed E-state index contributed by atoms with van der Waals surface area (Å²) in [6.45, 7) is 0.220. The molecule has 2 rings (SSSR count). The molecule has 114 valence electrons. The van der Waals surface area contributed by atoms with E-state index >= 15 is 0 Å². The Labute approximate surface area is 123 Å². The second-order valence-electron chi connectivity index (χ2n) is 4.40. The molecule has 0 bridgehead atoms. The summed E-state index contributed by atoms with van der Waals surface area (Å²) in [5.41, 5.74) is 0.604. The quantitative estimate of drug-likeness (QED) is 0.868. The molecule has 7 heteroatoms. The first-order valence-corrected chi connectivity index (χ1v) is 6.31. The molecule has 20 heavy (non-hydrogen) atoms. The van der Waals surface area contributed by atoms with E-state index in [1.165, 1.54) is 6.07 Å². The van der Waals surface area contributed by atoms with Gasteiger partial charge in [0.15, 0.2) is 0 Å². The Morgan fingerprint density at radius 1 is 1.25 bits per heavy atom. The molecule has 1 aromatic rings. The number of para-hydroxylation sites is 1. The monoisotopic (exact) mass is 308 g/mol. The van der Waals surface area contributed by atoms with Crippen molar-refractivity contribution in [1.82, 2.24) is 10.2 Å². The summed E-state index contributed by atoms with van der Waals surface area (Å²) in [5, 5.41) is 12.8. The fourth-order valence-electron chi connectivity index (χ4n) is 2.36. The summed E-state index contributed by atoms with van der Waals surface area (Å²) < 4.78 is 29.3. The molecule has 1 aliphatic heterocycles. The van der Waals surface area contributed by atoms with E-state index in [1.807, 2.05) is 0 Å². The zero-order valence-electron chi connectivity index (χ0n) is 11.0. The van der Waals surface area contributed by atoms with Crippen molar-refractivity contribution in [1.29, 1.82) is 0 Å². The second kappa shape index (κ2) is 8.36. The molecule has 1 atom stereocenters. The Balaban J connectivity index is 0.00000200. The Morgan fingerprint density at radius 2 is 1.90 bits per heavy atom. The smallest absolute Gasteiger partial charge is 0.387 e. The van der Waals surface area contributed by atoms with Gasteiger partial charge in [-0.25, -0.2) is 0 Å². The van der Waals surface area contributed by atoms with E-state index in [2.05, 4.69) is 15.0 Å². The highest BCUT2D eigenvalue weighted by molar-refractivity contribution is 5.85. The molecule has 0 saturated carbocycles. The fourth-order valence-corrected chi connectivity index (χ4v) is 2.36. The summed E-state index contributed by atoms with van der Waals surface area (Å²) in [6.07, 6.45) is 0. The van der Waals surface area contributed by atoms with Gasteiger partial charge < -0.3 is 15.2 Å². The highest BCUT2D eigenvalue weighted by atomic mass is 35.5. The number of hydrogen-bond donors (Lipinski definition) is 2. The third-order valence-electron chi connectivity index (χ3n) is 3.26. The molecule has 4 nitrogen and oxygen atoms in total. The van der Waals surface area contributed by atoms with Gasteiger partial charge in [0.1, 0.15) is 5.75 Å². The van der Waals surface area contributed by atoms with Crippen LogP contribution in [-0.2, 0) is 0 Å². The van der Waals surface area contributed by atoms with Crippen molar-refractivity contribution in [2.75, 3.05) is 32.8 Å². The predicted octanol–water partition coefficient (Wildman–Crippen LogP) is 1.65. The minimum absolute atomic E-state index is 0. The number of hydrogen-bond acceptors (Lipinski definition) is 4. The molecule has 1 fully saturated rings. The molecule has 1 aliphatic rings. The van der Waals surface area contributed by atoms with Gasteiger partial charge in [0.05, 0.1) is 12.6 Å². The molecule has 0 amide bonds. The molecule has 2 N–H and O–H groups in total. The first-order chi connectivity index (χ1) is 9.22. The average Bonchev–Trinajstić information content (AvgIpc) is 2.42. The maximum Gasteiger partial charge on any atom is 0.387 e. The highest BCUT2D eigenvalue weighted by Crippen LogP contribution is 2.30. The number of aliphatic hydroxyl groups excluding tert-OH is 1. The van der Waals surface area contributed by atoms with Crippen LogP contribution in [0.4, 0.5) is 8.78 Å². The van der Waals surface area contributed by atoms with E-state index < -0.39 is 6.61 Å². The predicted molar refractivity (Wildman–Crippen MR) is 74.6 cm³/mol. The van der Waals surface area contributed by atoms with Crippen molar-refractivity contribution in [3.05, 3.63) is 29.8 Å². The maximum atomic E-state index is 12.4. The lowest BCUT2D eigenvalue weighted by Gasteiger charge is -2.34. The molecule has 0 aromatic heterocycles. The summed E-state index contributed by atoms with van der Waals surface area (Å²) >= 11 is 0. The Kier molecular flexibility index (Phi) is 7.15. The van der Waals surface area contributed by atoms with Crippen LogP contribution in [0.3, 0.4) is 0 Å². The molecule has 0 unspecified atom stereocenters. The van der Waals surface area contributed by atoms with E-state index in [9.17, 15) is 13.9 Å². The molecular formula is C13H19ClF2N2O2. The van der Waals surface area contributed by atoms with Crippen LogP contribution in [0.15, 0.2) is 24.3 Å².